The molecule has 24 heavy (non-hydrogen) atoms. The quantitative estimate of drug-likeness (QED) is 0.841. The first-order valence-electron chi connectivity index (χ1n) is 7.64. The van der Waals surface area contributed by atoms with Gasteiger partial charge in [-0.2, -0.15) is 0 Å². The van der Waals surface area contributed by atoms with E-state index in [1.165, 1.54) is 12.1 Å². The number of hydrogen-bond donors (Lipinski definition) is 1. The van der Waals surface area contributed by atoms with Crippen LogP contribution >= 0.6 is 15.9 Å². The number of nitrogens with zero attached hydrogens (tertiary/aromatic N) is 1. The lowest BCUT2D eigenvalue weighted by molar-refractivity contribution is 0.0794. The molecule has 2 aromatic rings. The molecule has 5 nitrogen and oxygen atoms in total. The molecule has 1 aliphatic rings. The first-order valence-corrected chi connectivity index (χ1v) is 9.92. The van der Waals surface area contributed by atoms with Crippen LogP contribution in [0.4, 0.5) is 5.69 Å². The Bertz CT molecular complexity index is 844. The van der Waals surface area contributed by atoms with Crippen molar-refractivity contribution in [3.8, 4) is 0 Å². The standard InChI is InChI=1S/C17H17BrN2O3S/c18-13-7-9-14(10-8-13)24(22,23)19-16-6-2-1-5-15(16)17(21)20-11-3-4-12-20/h1-2,5-10,19H,3-4,11-12H2. The fraction of sp³-hybridized carbons (Fsp3) is 0.235. The maximum Gasteiger partial charge on any atom is 0.261 e. The number of carbonyl (C=O) groups is 1. The van der Waals surface area contributed by atoms with E-state index >= 15 is 0 Å². The zero-order valence-corrected chi connectivity index (χ0v) is 15.3. The van der Waals surface area contributed by atoms with E-state index in [0.29, 0.717) is 24.3 Å². The number of anilines is 1. The van der Waals surface area contributed by atoms with Crippen molar-refractivity contribution in [1.82, 2.24) is 4.90 Å². The summed E-state index contributed by atoms with van der Waals surface area (Å²) in [7, 11) is -3.75. The summed E-state index contributed by atoms with van der Waals surface area (Å²) in [5.41, 5.74) is 0.678. The molecule has 0 aromatic heterocycles. The van der Waals surface area contributed by atoms with Crippen molar-refractivity contribution in [2.45, 2.75) is 17.7 Å². The molecule has 7 heteroatoms. The lowest BCUT2D eigenvalue weighted by Gasteiger charge is -2.18. The van der Waals surface area contributed by atoms with Crippen molar-refractivity contribution in [3.63, 3.8) is 0 Å². The van der Waals surface area contributed by atoms with Gasteiger partial charge in [0, 0.05) is 17.6 Å². The van der Waals surface area contributed by atoms with Crippen LogP contribution in [0.3, 0.4) is 0 Å². The van der Waals surface area contributed by atoms with Crippen molar-refractivity contribution in [2.75, 3.05) is 17.8 Å². The van der Waals surface area contributed by atoms with E-state index in [1.807, 2.05) is 0 Å². The molecule has 0 bridgehead atoms. The first-order chi connectivity index (χ1) is 11.5. The Morgan fingerprint density at radius 1 is 1.00 bits per heavy atom. The van der Waals surface area contributed by atoms with Crippen LogP contribution in [-0.2, 0) is 10.0 Å². The lowest BCUT2D eigenvalue weighted by Crippen LogP contribution is -2.28. The number of likely N-dealkylation sites (tertiary alicyclic amines) is 1. The number of amides is 1. The van der Waals surface area contributed by atoms with Crippen LogP contribution in [0.15, 0.2) is 57.9 Å². The Morgan fingerprint density at radius 2 is 1.62 bits per heavy atom. The van der Waals surface area contributed by atoms with Crippen LogP contribution in [0.25, 0.3) is 0 Å². The van der Waals surface area contributed by atoms with Gasteiger partial charge in [-0.15, -0.1) is 0 Å². The van der Waals surface area contributed by atoms with Gasteiger partial charge in [0.15, 0.2) is 0 Å². The lowest BCUT2D eigenvalue weighted by atomic mass is 10.1. The minimum atomic E-state index is -3.75. The predicted octanol–water partition coefficient (Wildman–Crippen LogP) is 3.49. The summed E-state index contributed by atoms with van der Waals surface area (Å²) < 4.78 is 28.4. The Labute approximate surface area is 149 Å². The van der Waals surface area contributed by atoms with Gasteiger partial charge in [-0.25, -0.2) is 8.42 Å². The van der Waals surface area contributed by atoms with Gasteiger partial charge < -0.3 is 4.90 Å². The average Bonchev–Trinajstić information content (AvgIpc) is 3.09. The molecule has 3 rings (SSSR count). The Morgan fingerprint density at radius 3 is 2.29 bits per heavy atom. The van der Waals surface area contributed by atoms with E-state index in [-0.39, 0.29) is 10.8 Å². The summed E-state index contributed by atoms with van der Waals surface area (Å²) in [6.45, 7) is 1.43. The highest BCUT2D eigenvalue weighted by molar-refractivity contribution is 9.10. The second kappa shape index (κ2) is 6.94. The summed E-state index contributed by atoms with van der Waals surface area (Å²) in [5.74, 6) is -0.137. The van der Waals surface area contributed by atoms with Crippen molar-refractivity contribution in [3.05, 3.63) is 58.6 Å². The zero-order valence-electron chi connectivity index (χ0n) is 12.9. The molecule has 0 spiro atoms. The van der Waals surface area contributed by atoms with Gasteiger partial charge in [0.25, 0.3) is 15.9 Å². The SMILES string of the molecule is O=C(c1ccccc1NS(=O)(=O)c1ccc(Br)cc1)N1CCCC1. The van der Waals surface area contributed by atoms with Crippen molar-refractivity contribution < 1.29 is 13.2 Å². The zero-order chi connectivity index (χ0) is 17.2. The molecule has 1 heterocycles. The van der Waals surface area contributed by atoms with E-state index in [1.54, 1.807) is 41.3 Å². The van der Waals surface area contributed by atoms with Crippen molar-refractivity contribution in [2.24, 2.45) is 0 Å². The third-order valence-electron chi connectivity index (χ3n) is 3.92. The summed E-state index contributed by atoms with van der Waals surface area (Å²) in [4.78, 5) is 14.5. The molecule has 0 unspecified atom stereocenters. The van der Waals surface area contributed by atoms with E-state index in [9.17, 15) is 13.2 Å². The monoisotopic (exact) mass is 408 g/mol. The molecule has 1 fully saturated rings. The van der Waals surface area contributed by atoms with Crippen LogP contribution in [0.1, 0.15) is 23.2 Å². The number of para-hydroxylation sites is 1. The Balaban J connectivity index is 1.90. The summed E-state index contributed by atoms with van der Waals surface area (Å²) in [6.07, 6.45) is 1.97. The van der Waals surface area contributed by atoms with E-state index < -0.39 is 10.0 Å². The van der Waals surface area contributed by atoms with Gasteiger partial charge >= 0.3 is 0 Å². The third-order valence-corrected chi connectivity index (χ3v) is 5.83. The Kier molecular flexibility index (Phi) is 4.91. The van der Waals surface area contributed by atoms with Crippen LogP contribution in [0.5, 0.6) is 0 Å². The minimum Gasteiger partial charge on any atom is -0.339 e. The van der Waals surface area contributed by atoms with Crippen LogP contribution < -0.4 is 4.72 Å². The highest BCUT2D eigenvalue weighted by Gasteiger charge is 2.23. The molecule has 0 radical (unpaired) electrons. The van der Waals surface area contributed by atoms with Crippen LogP contribution in [0.2, 0.25) is 0 Å². The van der Waals surface area contributed by atoms with Gasteiger partial charge in [0.2, 0.25) is 0 Å². The number of rotatable bonds is 4. The Hall–Kier alpha value is -1.86. The largest absolute Gasteiger partial charge is 0.339 e. The fourth-order valence-corrected chi connectivity index (χ4v) is 4.01. The molecular weight excluding hydrogens is 392 g/mol. The highest BCUT2D eigenvalue weighted by Crippen LogP contribution is 2.23. The summed E-state index contributed by atoms with van der Waals surface area (Å²) >= 11 is 3.28. The molecule has 1 N–H and O–H groups in total. The van der Waals surface area contributed by atoms with Crippen LogP contribution in [0, 0.1) is 0 Å². The molecule has 1 saturated heterocycles. The number of benzene rings is 2. The van der Waals surface area contributed by atoms with E-state index in [4.69, 9.17) is 0 Å². The summed E-state index contributed by atoms with van der Waals surface area (Å²) in [5, 5.41) is 0. The minimum absolute atomic E-state index is 0.137. The molecular formula is C17H17BrN2O3S. The number of sulfonamides is 1. The maximum absolute atomic E-state index is 12.6. The predicted molar refractivity (Wildman–Crippen MR) is 96.5 cm³/mol. The number of nitrogens with one attached hydrogen (secondary N) is 1. The topological polar surface area (TPSA) is 66.5 Å². The highest BCUT2D eigenvalue weighted by atomic mass is 79.9. The number of hydrogen-bond acceptors (Lipinski definition) is 3. The molecule has 126 valence electrons. The molecule has 2 aromatic carbocycles. The summed E-state index contributed by atoms with van der Waals surface area (Å²) in [6, 6.07) is 13.1. The van der Waals surface area contributed by atoms with Crippen molar-refractivity contribution >= 4 is 37.5 Å². The van der Waals surface area contributed by atoms with Crippen molar-refractivity contribution in [1.29, 1.82) is 0 Å². The molecule has 1 amide bonds. The van der Waals surface area contributed by atoms with Gasteiger partial charge in [-0.05, 0) is 49.2 Å². The number of carbonyl (C=O) groups excluding carboxylic acids is 1. The molecule has 0 aliphatic carbocycles. The smallest absolute Gasteiger partial charge is 0.261 e. The van der Waals surface area contributed by atoms with E-state index in [0.717, 1.165) is 17.3 Å². The number of halogens is 1. The first kappa shape index (κ1) is 17.0. The fourth-order valence-electron chi connectivity index (χ4n) is 2.67. The van der Waals surface area contributed by atoms with Gasteiger partial charge in [-0.1, -0.05) is 28.1 Å². The van der Waals surface area contributed by atoms with Gasteiger partial charge in [0.05, 0.1) is 16.1 Å². The van der Waals surface area contributed by atoms with Crippen LogP contribution in [-0.4, -0.2) is 32.3 Å². The average molecular weight is 409 g/mol. The molecule has 1 aliphatic heterocycles. The third kappa shape index (κ3) is 3.62. The molecule has 0 atom stereocenters. The second-order valence-electron chi connectivity index (χ2n) is 5.60. The van der Waals surface area contributed by atoms with E-state index in [2.05, 4.69) is 20.7 Å². The second-order valence-corrected chi connectivity index (χ2v) is 8.20. The maximum atomic E-state index is 12.6. The van der Waals surface area contributed by atoms with Gasteiger partial charge in [-0.3, -0.25) is 9.52 Å². The normalized spacial score (nSPS) is 14.6. The van der Waals surface area contributed by atoms with Gasteiger partial charge in [0.1, 0.15) is 0 Å². The molecule has 0 saturated carbocycles.